The van der Waals surface area contributed by atoms with Crippen molar-refractivity contribution in [1.29, 1.82) is 0 Å². The van der Waals surface area contributed by atoms with Gasteiger partial charge in [0.1, 0.15) is 0 Å². The maximum absolute atomic E-state index is 12.7. The van der Waals surface area contributed by atoms with Crippen molar-refractivity contribution < 1.29 is 9.59 Å². The van der Waals surface area contributed by atoms with E-state index in [0.29, 0.717) is 47.8 Å². The lowest BCUT2D eigenvalue weighted by Gasteiger charge is -2.62. The van der Waals surface area contributed by atoms with Crippen LogP contribution in [0.25, 0.3) is 0 Å². The summed E-state index contributed by atoms with van der Waals surface area (Å²) in [5.41, 5.74) is 0.902. The summed E-state index contributed by atoms with van der Waals surface area (Å²) < 4.78 is 0. The highest BCUT2D eigenvalue weighted by Crippen LogP contribution is 2.65. The lowest BCUT2D eigenvalue weighted by molar-refractivity contribution is -0.166. The van der Waals surface area contributed by atoms with Crippen LogP contribution < -0.4 is 0 Å². The van der Waals surface area contributed by atoms with Gasteiger partial charge in [0.05, 0.1) is 0 Å². The van der Waals surface area contributed by atoms with Crippen molar-refractivity contribution in [2.75, 3.05) is 7.05 Å². The summed E-state index contributed by atoms with van der Waals surface area (Å²) in [5.74, 6) is 2.93. The lowest BCUT2D eigenvalue weighted by Crippen LogP contribution is -2.63. The number of hydrogen-bond acceptors (Lipinski definition) is 2. The summed E-state index contributed by atoms with van der Waals surface area (Å²) in [6.45, 7) is 11.1. The Kier molecular flexibility index (Phi) is 3.38. The Morgan fingerprint density at radius 1 is 1.17 bits per heavy atom. The second-order valence-corrected chi connectivity index (χ2v) is 9.62. The van der Waals surface area contributed by atoms with Crippen LogP contribution in [0.3, 0.4) is 0 Å². The molecular weight excluding hydrogens is 298 g/mol. The van der Waals surface area contributed by atoms with E-state index >= 15 is 0 Å². The average molecular weight is 329 g/mol. The molecule has 0 aromatic heterocycles. The maximum atomic E-state index is 12.7. The molecule has 7 atom stereocenters. The first kappa shape index (κ1) is 16.4. The van der Waals surface area contributed by atoms with Gasteiger partial charge in [0.2, 0.25) is 5.91 Å². The molecule has 1 aliphatic heterocycles. The van der Waals surface area contributed by atoms with E-state index in [4.69, 9.17) is 0 Å². The van der Waals surface area contributed by atoms with Crippen LogP contribution in [0.2, 0.25) is 0 Å². The summed E-state index contributed by atoms with van der Waals surface area (Å²) >= 11 is 0. The number of fused-ring (bicyclic) bond motifs is 5. The van der Waals surface area contributed by atoms with Gasteiger partial charge >= 0.3 is 0 Å². The molecule has 4 aliphatic rings. The Bertz CT molecular complexity index is 625. The first-order chi connectivity index (χ1) is 11.2. The lowest BCUT2D eigenvalue weighted by atomic mass is 9.45. The fourth-order valence-electron chi connectivity index (χ4n) is 7.21. The van der Waals surface area contributed by atoms with Crippen LogP contribution in [-0.4, -0.2) is 29.7 Å². The fourth-order valence-corrected chi connectivity index (χ4v) is 7.21. The first-order valence-corrected chi connectivity index (χ1v) is 9.68. The number of nitrogens with zero attached hydrogens (tertiary/aromatic N) is 1. The van der Waals surface area contributed by atoms with Gasteiger partial charge in [0.15, 0.2) is 5.78 Å². The topological polar surface area (TPSA) is 37.4 Å². The van der Waals surface area contributed by atoms with E-state index in [2.05, 4.69) is 27.4 Å². The van der Waals surface area contributed by atoms with E-state index < -0.39 is 0 Å². The number of Topliss-reactive ketones (excluding diaryl/α,β-unsaturated/α-hetero) is 1. The molecule has 3 saturated carbocycles. The number of allylic oxidation sites excluding steroid dienone is 1. The molecule has 1 heterocycles. The molecular formula is C21H31NO2. The van der Waals surface area contributed by atoms with E-state index in [-0.39, 0.29) is 10.8 Å². The van der Waals surface area contributed by atoms with Gasteiger partial charge in [-0.2, -0.15) is 0 Å². The number of ketones is 1. The zero-order valence-electron chi connectivity index (χ0n) is 15.6. The molecule has 0 bridgehead atoms. The standard InChI is InChI=1S/C21H31NO2/c1-12-11-16-20(3,9-7-17(23)22(16)5)14-6-8-21(4)15(18(12)14)10-13(2)19(21)24/h12,14-16,18H,2,6-11H2,1,3-5H3/t12?,14-,15+,16?,18-,20-,21+/m1/s1. The molecule has 1 amide bonds. The minimum atomic E-state index is -0.175. The van der Waals surface area contributed by atoms with Gasteiger partial charge in [-0.3, -0.25) is 9.59 Å². The fraction of sp³-hybridized carbons (Fsp3) is 0.810. The maximum Gasteiger partial charge on any atom is 0.222 e. The number of carbonyl (C=O) groups excluding carboxylic acids is 2. The van der Waals surface area contributed by atoms with Gasteiger partial charge in [0.25, 0.3) is 0 Å². The molecule has 1 saturated heterocycles. The zero-order valence-corrected chi connectivity index (χ0v) is 15.6. The molecule has 0 radical (unpaired) electrons. The van der Waals surface area contributed by atoms with Gasteiger partial charge in [0, 0.05) is 24.9 Å². The van der Waals surface area contributed by atoms with Gasteiger partial charge in [-0.05, 0) is 66.8 Å². The Labute approximate surface area is 145 Å². The normalized spacial score (nSPS) is 51.2. The van der Waals surface area contributed by atoms with Crippen LogP contribution in [0.15, 0.2) is 12.2 Å². The molecule has 0 aromatic carbocycles. The minimum absolute atomic E-state index is 0.175. The molecule has 0 N–H and O–H groups in total. The first-order valence-electron chi connectivity index (χ1n) is 9.68. The Morgan fingerprint density at radius 3 is 2.58 bits per heavy atom. The predicted octanol–water partition coefficient (Wildman–Crippen LogP) is 3.83. The summed E-state index contributed by atoms with van der Waals surface area (Å²) in [7, 11) is 2.01. The Hall–Kier alpha value is -1.12. The summed E-state index contributed by atoms with van der Waals surface area (Å²) in [4.78, 5) is 27.0. The van der Waals surface area contributed by atoms with Crippen LogP contribution in [0.4, 0.5) is 0 Å². The largest absolute Gasteiger partial charge is 0.342 e. The quantitative estimate of drug-likeness (QED) is 0.633. The summed E-state index contributed by atoms with van der Waals surface area (Å²) in [5, 5.41) is 0. The number of hydrogen-bond donors (Lipinski definition) is 0. The van der Waals surface area contributed by atoms with Crippen LogP contribution in [-0.2, 0) is 9.59 Å². The highest BCUT2D eigenvalue weighted by atomic mass is 16.2. The van der Waals surface area contributed by atoms with Crippen LogP contribution in [0, 0.1) is 34.5 Å². The third-order valence-corrected chi connectivity index (χ3v) is 8.63. The van der Waals surface area contributed by atoms with Crippen LogP contribution in [0.1, 0.15) is 59.3 Å². The molecule has 0 spiro atoms. The highest BCUT2D eigenvalue weighted by molar-refractivity contribution is 6.02. The third-order valence-electron chi connectivity index (χ3n) is 8.63. The van der Waals surface area contributed by atoms with Crippen molar-refractivity contribution in [2.45, 2.75) is 65.3 Å². The molecule has 132 valence electrons. The zero-order chi connectivity index (χ0) is 17.4. The number of carbonyl (C=O) groups is 2. The van der Waals surface area contributed by atoms with Gasteiger partial charge < -0.3 is 4.90 Å². The smallest absolute Gasteiger partial charge is 0.222 e. The van der Waals surface area contributed by atoms with Gasteiger partial charge in [-0.25, -0.2) is 0 Å². The molecule has 4 rings (SSSR count). The number of rotatable bonds is 0. The molecule has 3 aliphatic carbocycles. The van der Waals surface area contributed by atoms with E-state index in [1.807, 2.05) is 11.9 Å². The second-order valence-electron chi connectivity index (χ2n) is 9.62. The number of piperidine rings is 1. The Morgan fingerprint density at radius 2 is 1.88 bits per heavy atom. The predicted molar refractivity (Wildman–Crippen MR) is 94.3 cm³/mol. The van der Waals surface area contributed by atoms with Crippen molar-refractivity contribution in [3.63, 3.8) is 0 Å². The van der Waals surface area contributed by atoms with Gasteiger partial charge in [-0.15, -0.1) is 0 Å². The number of amides is 1. The van der Waals surface area contributed by atoms with Crippen molar-refractivity contribution >= 4 is 11.7 Å². The van der Waals surface area contributed by atoms with E-state index in [9.17, 15) is 9.59 Å². The molecule has 3 heteroatoms. The molecule has 24 heavy (non-hydrogen) atoms. The van der Waals surface area contributed by atoms with Crippen molar-refractivity contribution in [3.05, 3.63) is 12.2 Å². The average Bonchev–Trinajstić information content (AvgIpc) is 2.77. The highest BCUT2D eigenvalue weighted by Gasteiger charge is 2.63. The van der Waals surface area contributed by atoms with Crippen molar-refractivity contribution in [3.8, 4) is 0 Å². The number of likely N-dealkylation sites (tertiary alicyclic amines) is 1. The van der Waals surface area contributed by atoms with Crippen molar-refractivity contribution in [1.82, 2.24) is 4.90 Å². The second kappa shape index (κ2) is 4.95. The van der Waals surface area contributed by atoms with E-state index in [0.717, 1.165) is 37.7 Å². The van der Waals surface area contributed by atoms with Crippen molar-refractivity contribution in [2.24, 2.45) is 34.5 Å². The van der Waals surface area contributed by atoms with Crippen LogP contribution >= 0.6 is 0 Å². The van der Waals surface area contributed by atoms with Crippen LogP contribution in [0.5, 0.6) is 0 Å². The Balaban J connectivity index is 1.73. The summed E-state index contributed by atoms with van der Waals surface area (Å²) in [6, 6.07) is 0.375. The SMILES string of the molecule is C=C1C[C@H]2[C@@H]3C(C)CC4N(C)C(=O)CC[C@]4(C)[C@@H]3CC[C@]2(C)C1=O. The van der Waals surface area contributed by atoms with Gasteiger partial charge in [-0.1, -0.05) is 27.4 Å². The molecule has 4 fully saturated rings. The monoisotopic (exact) mass is 329 g/mol. The molecule has 2 unspecified atom stereocenters. The molecule has 3 nitrogen and oxygen atoms in total. The third kappa shape index (κ3) is 1.84. The minimum Gasteiger partial charge on any atom is -0.342 e. The summed E-state index contributed by atoms with van der Waals surface area (Å²) in [6.07, 6.45) is 5.84. The molecule has 0 aromatic rings. The van der Waals surface area contributed by atoms with E-state index in [1.54, 1.807) is 0 Å². The van der Waals surface area contributed by atoms with E-state index in [1.165, 1.54) is 0 Å².